The van der Waals surface area contributed by atoms with Crippen molar-refractivity contribution in [3.8, 4) is 0 Å². The second kappa shape index (κ2) is 9.42. The van der Waals surface area contributed by atoms with Crippen molar-refractivity contribution in [2.45, 2.75) is 49.6 Å². The van der Waals surface area contributed by atoms with Gasteiger partial charge in [-0.15, -0.1) is 0 Å². The Kier molecular flexibility index (Phi) is 6.97. The van der Waals surface area contributed by atoms with Gasteiger partial charge in [0.2, 0.25) is 0 Å². The molecule has 0 aliphatic carbocycles. The molecular weight excluding hydrogens is 348 g/mol. The summed E-state index contributed by atoms with van der Waals surface area (Å²) in [6, 6.07) is 17.7. The average molecular weight is 375 g/mol. The second-order valence-corrected chi connectivity index (χ2v) is 8.26. The minimum atomic E-state index is -1.19. The number of aryl methyl sites for hydroxylation is 1. The van der Waals surface area contributed by atoms with Crippen LogP contribution in [0.25, 0.3) is 0 Å². The van der Waals surface area contributed by atoms with Crippen molar-refractivity contribution in [2.75, 3.05) is 12.4 Å². The standard InChI is InChI=1S/C21H26O4S/c1-16-7-10-19(11-8-16)26(23)15-21-20(22)12-9-18(25-21)14-24-13-17-5-3-2-4-6-17/h2-8,10-11,18,20-22H,9,12-15H2,1H3/t18-,20-,21-,26?/m0/s1. The summed E-state index contributed by atoms with van der Waals surface area (Å²) in [4.78, 5) is 0.772. The molecule has 26 heavy (non-hydrogen) atoms. The first kappa shape index (κ1) is 19.2. The zero-order valence-electron chi connectivity index (χ0n) is 15.0. The van der Waals surface area contributed by atoms with Gasteiger partial charge in [0, 0.05) is 4.90 Å². The van der Waals surface area contributed by atoms with Crippen molar-refractivity contribution >= 4 is 10.8 Å². The third kappa shape index (κ3) is 5.48. The largest absolute Gasteiger partial charge is 0.390 e. The van der Waals surface area contributed by atoms with Gasteiger partial charge in [-0.2, -0.15) is 0 Å². The van der Waals surface area contributed by atoms with Crippen LogP contribution in [0.3, 0.4) is 0 Å². The zero-order chi connectivity index (χ0) is 18.4. The number of hydrogen-bond acceptors (Lipinski definition) is 4. The van der Waals surface area contributed by atoms with E-state index in [1.807, 2.05) is 61.5 Å². The van der Waals surface area contributed by atoms with Crippen molar-refractivity contribution in [3.63, 3.8) is 0 Å². The Balaban J connectivity index is 1.49. The minimum Gasteiger partial charge on any atom is -0.390 e. The predicted molar refractivity (Wildman–Crippen MR) is 102 cm³/mol. The molecule has 4 nitrogen and oxygen atoms in total. The third-order valence-electron chi connectivity index (χ3n) is 4.60. The van der Waals surface area contributed by atoms with Crippen LogP contribution in [-0.4, -0.2) is 40.0 Å². The maximum atomic E-state index is 12.6. The van der Waals surface area contributed by atoms with E-state index in [0.717, 1.165) is 22.4 Å². The van der Waals surface area contributed by atoms with Crippen LogP contribution in [0.1, 0.15) is 24.0 Å². The van der Waals surface area contributed by atoms with Crippen molar-refractivity contribution in [3.05, 3.63) is 65.7 Å². The highest BCUT2D eigenvalue weighted by molar-refractivity contribution is 7.85. The Hall–Kier alpha value is -1.53. The van der Waals surface area contributed by atoms with Crippen LogP contribution in [-0.2, 0) is 26.9 Å². The molecule has 2 aromatic carbocycles. The lowest BCUT2D eigenvalue weighted by atomic mass is 10.0. The van der Waals surface area contributed by atoms with Crippen molar-refractivity contribution in [1.29, 1.82) is 0 Å². The molecule has 1 N–H and O–H groups in total. The highest BCUT2D eigenvalue weighted by Crippen LogP contribution is 2.22. The molecule has 0 amide bonds. The van der Waals surface area contributed by atoms with Crippen LogP contribution in [0.5, 0.6) is 0 Å². The van der Waals surface area contributed by atoms with E-state index in [9.17, 15) is 9.32 Å². The van der Waals surface area contributed by atoms with E-state index in [4.69, 9.17) is 9.47 Å². The van der Waals surface area contributed by atoms with Crippen molar-refractivity contribution < 1.29 is 18.8 Å². The fraction of sp³-hybridized carbons (Fsp3) is 0.429. The molecule has 0 saturated carbocycles. The Morgan fingerprint density at radius 1 is 1.12 bits per heavy atom. The summed E-state index contributed by atoms with van der Waals surface area (Å²) in [5.74, 6) is 0.305. The van der Waals surface area contributed by atoms with Gasteiger partial charge in [-0.25, -0.2) is 0 Å². The molecule has 140 valence electrons. The van der Waals surface area contributed by atoms with Crippen LogP contribution in [0, 0.1) is 6.92 Å². The molecule has 2 aromatic rings. The molecular formula is C21H26O4S. The summed E-state index contributed by atoms with van der Waals surface area (Å²) in [5, 5.41) is 10.2. The molecule has 0 spiro atoms. The molecule has 1 unspecified atom stereocenters. The third-order valence-corrected chi connectivity index (χ3v) is 6.02. The van der Waals surface area contributed by atoms with Gasteiger partial charge >= 0.3 is 0 Å². The van der Waals surface area contributed by atoms with E-state index >= 15 is 0 Å². The molecule has 1 aliphatic rings. The Morgan fingerprint density at radius 3 is 2.58 bits per heavy atom. The number of aliphatic hydroxyl groups is 1. The van der Waals surface area contributed by atoms with Gasteiger partial charge in [0.1, 0.15) is 0 Å². The van der Waals surface area contributed by atoms with E-state index in [-0.39, 0.29) is 6.10 Å². The van der Waals surface area contributed by atoms with Gasteiger partial charge < -0.3 is 14.6 Å². The van der Waals surface area contributed by atoms with E-state index in [2.05, 4.69) is 0 Å². The van der Waals surface area contributed by atoms with E-state index in [1.54, 1.807) is 0 Å². The van der Waals surface area contributed by atoms with E-state index < -0.39 is 23.0 Å². The van der Waals surface area contributed by atoms with E-state index in [1.165, 1.54) is 0 Å². The topological polar surface area (TPSA) is 55.8 Å². The van der Waals surface area contributed by atoms with Gasteiger partial charge in [-0.05, 0) is 37.5 Å². The summed E-state index contributed by atoms with van der Waals surface area (Å²) in [5.41, 5.74) is 2.26. The molecule has 1 saturated heterocycles. The maximum absolute atomic E-state index is 12.6. The summed E-state index contributed by atoms with van der Waals surface area (Å²) in [7, 11) is -1.19. The quantitative estimate of drug-likeness (QED) is 0.808. The van der Waals surface area contributed by atoms with Gasteiger partial charge in [0.05, 0.1) is 48.1 Å². The van der Waals surface area contributed by atoms with Gasteiger partial charge in [0.15, 0.2) is 0 Å². The SMILES string of the molecule is Cc1ccc(S(=O)C[C@@H]2O[C@H](COCc3ccccc3)CC[C@@H]2O)cc1. The highest BCUT2D eigenvalue weighted by Gasteiger charge is 2.31. The molecule has 1 aliphatic heterocycles. The molecule has 0 aromatic heterocycles. The first-order chi connectivity index (χ1) is 12.6. The lowest BCUT2D eigenvalue weighted by Crippen LogP contribution is -2.43. The number of ether oxygens (including phenoxy) is 2. The Labute approximate surface area is 157 Å². The van der Waals surface area contributed by atoms with Crippen LogP contribution < -0.4 is 0 Å². The van der Waals surface area contributed by atoms with Crippen LogP contribution in [0.2, 0.25) is 0 Å². The van der Waals surface area contributed by atoms with Gasteiger partial charge in [0.25, 0.3) is 0 Å². The summed E-state index contributed by atoms with van der Waals surface area (Å²) in [6.07, 6.45) is 0.340. The smallest absolute Gasteiger partial charge is 0.0957 e. The first-order valence-corrected chi connectivity index (χ1v) is 10.3. The summed E-state index contributed by atoms with van der Waals surface area (Å²) >= 11 is 0. The molecule has 3 rings (SSSR count). The van der Waals surface area contributed by atoms with Crippen molar-refractivity contribution in [2.24, 2.45) is 0 Å². The normalized spacial score (nSPS) is 24.3. The second-order valence-electron chi connectivity index (χ2n) is 6.77. The number of benzene rings is 2. The molecule has 1 heterocycles. The Morgan fingerprint density at radius 2 is 1.85 bits per heavy atom. The monoisotopic (exact) mass is 374 g/mol. The van der Waals surface area contributed by atoms with Crippen LogP contribution in [0.4, 0.5) is 0 Å². The molecule has 1 fully saturated rings. The molecule has 0 bridgehead atoms. The van der Waals surface area contributed by atoms with E-state index in [0.29, 0.717) is 25.4 Å². The number of hydrogen-bond donors (Lipinski definition) is 1. The predicted octanol–water partition coefficient (Wildman–Crippen LogP) is 3.23. The zero-order valence-corrected chi connectivity index (χ0v) is 15.9. The molecule has 5 heteroatoms. The number of rotatable bonds is 7. The fourth-order valence-electron chi connectivity index (χ4n) is 3.04. The highest BCUT2D eigenvalue weighted by atomic mass is 32.2. The van der Waals surface area contributed by atoms with Crippen LogP contribution in [0.15, 0.2) is 59.5 Å². The molecule has 4 atom stereocenters. The fourth-order valence-corrected chi connectivity index (χ4v) is 4.27. The van der Waals surface area contributed by atoms with Gasteiger partial charge in [-0.1, -0.05) is 48.0 Å². The minimum absolute atomic E-state index is 0.0675. The summed E-state index contributed by atoms with van der Waals surface area (Å²) < 4.78 is 24.3. The summed E-state index contributed by atoms with van der Waals surface area (Å²) in [6.45, 7) is 3.03. The first-order valence-electron chi connectivity index (χ1n) is 9.02. The lowest BCUT2D eigenvalue weighted by molar-refractivity contribution is -0.129. The number of aliphatic hydroxyl groups excluding tert-OH is 1. The average Bonchev–Trinajstić information content (AvgIpc) is 2.65. The molecule has 0 radical (unpaired) electrons. The van der Waals surface area contributed by atoms with Crippen molar-refractivity contribution in [1.82, 2.24) is 0 Å². The Bertz CT molecular complexity index is 702. The lowest BCUT2D eigenvalue weighted by Gasteiger charge is -2.33. The van der Waals surface area contributed by atoms with Gasteiger partial charge in [-0.3, -0.25) is 4.21 Å². The van der Waals surface area contributed by atoms with Crippen LogP contribution >= 0.6 is 0 Å². The maximum Gasteiger partial charge on any atom is 0.0957 e.